The molecule has 0 aromatic rings. The van der Waals surface area contributed by atoms with Gasteiger partial charge in [-0.05, 0) is 31.6 Å². The Bertz CT molecular complexity index is 91.4. The Morgan fingerprint density at radius 3 is 1.80 bits per heavy atom. The summed E-state index contributed by atoms with van der Waals surface area (Å²) >= 11 is 0. The molecular formula is C8H16O2. The minimum absolute atomic E-state index is 0.174. The molecule has 1 rings (SSSR count). The van der Waals surface area contributed by atoms with Gasteiger partial charge in [0.15, 0.2) is 0 Å². The van der Waals surface area contributed by atoms with Gasteiger partial charge in [-0.25, -0.2) is 0 Å². The zero-order valence-electron chi connectivity index (χ0n) is 6.45. The highest BCUT2D eigenvalue weighted by Crippen LogP contribution is 2.22. The second-order valence-electron chi connectivity index (χ2n) is 3.46. The molecule has 1 fully saturated rings. The Balaban J connectivity index is 2.38. The number of aliphatic hydroxyl groups is 2. The highest BCUT2D eigenvalue weighted by molar-refractivity contribution is 4.72. The van der Waals surface area contributed by atoms with Crippen molar-refractivity contribution in [2.45, 2.75) is 44.8 Å². The standard InChI is InChI=1S/C8H16O2/c1-6-4-7(9)2-3-8(10)5-6/h6-10H,2-5H2,1H3. The first kappa shape index (κ1) is 8.02. The molecule has 0 aliphatic heterocycles. The SMILES string of the molecule is CC1CC(O)CCC(O)C1. The van der Waals surface area contributed by atoms with E-state index < -0.39 is 0 Å². The first-order chi connectivity index (χ1) is 4.68. The largest absolute Gasteiger partial charge is 0.393 e. The van der Waals surface area contributed by atoms with Crippen LogP contribution < -0.4 is 0 Å². The molecule has 0 heterocycles. The van der Waals surface area contributed by atoms with E-state index >= 15 is 0 Å². The fraction of sp³-hybridized carbons (Fsp3) is 1.00. The summed E-state index contributed by atoms with van der Waals surface area (Å²) < 4.78 is 0. The van der Waals surface area contributed by atoms with Crippen molar-refractivity contribution in [2.24, 2.45) is 5.92 Å². The van der Waals surface area contributed by atoms with Crippen LogP contribution in [0.5, 0.6) is 0 Å². The number of aliphatic hydroxyl groups excluding tert-OH is 2. The van der Waals surface area contributed by atoms with E-state index in [1.807, 2.05) is 0 Å². The van der Waals surface area contributed by atoms with E-state index in [1.54, 1.807) is 0 Å². The smallest absolute Gasteiger partial charge is 0.0543 e. The van der Waals surface area contributed by atoms with Crippen LogP contribution in [0.1, 0.15) is 32.6 Å². The Morgan fingerprint density at radius 1 is 1.00 bits per heavy atom. The minimum atomic E-state index is -0.174. The third-order valence-electron chi connectivity index (χ3n) is 2.18. The van der Waals surface area contributed by atoms with Gasteiger partial charge >= 0.3 is 0 Å². The van der Waals surface area contributed by atoms with Crippen molar-refractivity contribution in [3.63, 3.8) is 0 Å². The van der Waals surface area contributed by atoms with Crippen LogP contribution in [0.25, 0.3) is 0 Å². The number of hydrogen-bond acceptors (Lipinski definition) is 2. The number of hydrogen-bond donors (Lipinski definition) is 2. The van der Waals surface area contributed by atoms with Crippen molar-refractivity contribution >= 4 is 0 Å². The van der Waals surface area contributed by atoms with Gasteiger partial charge in [0.1, 0.15) is 0 Å². The predicted molar refractivity (Wildman–Crippen MR) is 39.6 cm³/mol. The van der Waals surface area contributed by atoms with E-state index in [4.69, 9.17) is 0 Å². The van der Waals surface area contributed by atoms with Crippen molar-refractivity contribution in [1.29, 1.82) is 0 Å². The molecule has 1 aliphatic carbocycles. The average Bonchev–Trinajstić information content (AvgIpc) is 1.93. The van der Waals surface area contributed by atoms with Crippen LogP contribution in [-0.2, 0) is 0 Å². The van der Waals surface area contributed by atoms with Crippen molar-refractivity contribution in [3.8, 4) is 0 Å². The summed E-state index contributed by atoms with van der Waals surface area (Å²) in [6.45, 7) is 2.08. The molecule has 0 saturated heterocycles. The van der Waals surface area contributed by atoms with Gasteiger partial charge in [0.25, 0.3) is 0 Å². The van der Waals surface area contributed by atoms with Crippen LogP contribution in [0.4, 0.5) is 0 Å². The lowest BCUT2D eigenvalue weighted by atomic mass is 10.0. The van der Waals surface area contributed by atoms with E-state index in [0.29, 0.717) is 5.92 Å². The normalized spacial score (nSPS) is 42.9. The zero-order valence-corrected chi connectivity index (χ0v) is 6.45. The van der Waals surface area contributed by atoms with Crippen molar-refractivity contribution in [1.82, 2.24) is 0 Å². The van der Waals surface area contributed by atoms with E-state index in [2.05, 4.69) is 6.92 Å². The highest BCUT2D eigenvalue weighted by atomic mass is 16.3. The summed E-state index contributed by atoms with van der Waals surface area (Å²) in [6.07, 6.45) is 2.91. The summed E-state index contributed by atoms with van der Waals surface area (Å²) in [6, 6.07) is 0. The molecule has 2 atom stereocenters. The third kappa shape index (κ3) is 2.27. The van der Waals surface area contributed by atoms with Crippen molar-refractivity contribution in [3.05, 3.63) is 0 Å². The maximum atomic E-state index is 9.27. The highest BCUT2D eigenvalue weighted by Gasteiger charge is 2.19. The Kier molecular flexibility index (Phi) is 2.69. The monoisotopic (exact) mass is 144 g/mol. The molecule has 10 heavy (non-hydrogen) atoms. The fourth-order valence-electron chi connectivity index (χ4n) is 1.65. The van der Waals surface area contributed by atoms with Crippen molar-refractivity contribution in [2.75, 3.05) is 0 Å². The summed E-state index contributed by atoms with van der Waals surface area (Å²) in [7, 11) is 0. The molecular weight excluding hydrogens is 128 g/mol. The molecule has 0 amide bonds. The maximum absolute atomic E-state index is 9.27. The molecule has 0 spiro atoms. The molecule has 0 aromatic heterocycles. The summed E-state index contributed by atoms with van der Waals surface area (Å²) in [5.41, 5.74) is 0. The van der Waals surface area contributed by atoms with Crippen LogP contribution >= 0.6 is 0 Å². The molecule has 0 aromatic carbocycles. The summed E-state index contributed by atoms with van der Waals surface area (Å²) in [5.74, 6) is 0.479. The summed E-state index contributed by atoms with van der Waals surface area (Å²) in [4.78, 5) is 0. The molecule has 60 valence electrons. The fourth-order valence-corrected chi connectivity index (χ4v) is 1.65. The lowest BCUT2D eigenvalue weighted by Gasteiger charge is -2.10. The van der Waals surface area contributed by atoms with Gasteiger partial charge in [0.2, 0.25) is 0 Å². The van der Waals surface area contributed by atoms with Crippen LogP contribution in [0.15, 0.2) is 0 Å². The molecule has 0 bridgehead atoms. The zero-order chi connectivity index (χ0) is 7.56. The Labute approximate surface area is 61.9 Å². The molecule has 1 aliphatic rings. The second-order valence-corrected chi connectivity index (χ2v) is 3.46. The number of rotatable bonds is 0. The van der Waals surface area contributed by atoms with Gasteiger partial charge in [0.05, 0.1) is 12.2 Å². The molecule has 1 saturated carbocycles. The molecule has 2 heteroatoms. The lowest BCUT2D eigenvalue weighted by molar-refractivity contribution is 0.133. The topological polar surface area (TPSA) is 40.5 Å². The van der Waals surface area contributed by atoms with Gasteiger partial charge < -0.3 is 10.2 Å². The molecule has 0 radical (unpaired) electrons. The average molecular weight is 144 g/mol. The summed E-state index contributed by atoms with van der Waals surface area (Å²) in [5, 5.41) is 18.5. The van der Waals surface area contributed by atoms with Crippen molar-refractivity contribution < 1.29 is 10.2 Å². The minimum Gasteiger partial charge on any atom is -0.393 e. The van der Waals surface area contributed by atoms with Gasteiger partial charge in [-0.3, -0.25) is 0 Å². The van der Waals surface area contributed by atoms with Gasteiger partial charge in [-0.1, -0.05) is 6.92 Å². The first-order valence-corrected chi connectivity index (χ1v) is 4.04. The molecule has 2 unspecified atom stereocenters. The van der Waals surface area contributed by atoms with Crippen LogP contribution in [0.3, 0.4) is 0 Å². The van der Waals surface area contributed by atoms with E-state index in [0.717, 1.165) is 25.7 Å². The molecule has 2 nitrogen and oxygen atoms in total. The third-order valence-corrected chi connectivity index (χ3v) is 2.18. The van der Waals surface area contributed by atoms with Gasteiger partial charge in [0, 0.05) is 0 Å². The van der Waals surface area contributed by atoms with E-state index in [-0.39, 0.29) is 12.2 Å². The van der Waals surface area contributed by atoms with Crippen LogP contribution in [0, 0.1) is 5.92 Å². The van der Waals surface area contributed by atoms with Gasteiger partial charge in [-0.2, -0.15) is 0 Å². The Hall–Kier alpha value is -0.0800. The molecule has 2 N–H and O–H groups in total. The van der Waals surface area contributed by atoms with Gasteiger partial charge in [-0.15, -0.1) is 0 Å². The second kappa shape index (κ2) is 3.35. The first-order valence-electron chi connectivity index (χ1n) is 4.04. The predicted octanol–water partition coefficient (Wildman–Crippen LogP) is 0.918. The maximum Gasteiger partial charge on any atom is 0.0543 e. The van der Waals surface area contributed by atoms with E-state index in [9.17, 15) is 10.2 Å². The quantitative estimate of drug-likeness (QED) is 0.496. The van der Waals surface area contributed by atoms with Crippen LogP contribution in [0.2, 0.25) is 0 Å². The van der Waals surface area contributed by atoms with E-state index in [1.165, 1.54) is 0 Å². The Morgan fingerprint density at radius 2 is 1.40 bits per heavy atom. The lowest BCUT2D eigenvalue weighted by Crippen LogP contribution is -2.08. The van der Waals surface area contributed by atoms with Crippen LogP contribution in [-0.4, -0.2) is 22.4 Å².